The van der Waals surface area contributed by atoms with Gasteiger partial charge >= 0.3 is 0 Å². The standard InChI is InChI=1S/C13H21ClN2/c1-16-10-11(9-15-16)7-8-12-5-3-2-4-6-13(12)14/h9-10,12-13H,2-8H2,1H3. The molecule has 90 valence electrons. The molecule has 1 aliphatic carbocycles. The second kappa shape index (κ2) is 5.72. The van der Waals surface area contributed by atoms with Crippen molar-refractivity contribution >= 4 is 11.6 Å². The zero-order valence-corrected chi connectivity index (χ0v) is 10.8. The van der Waals surface area contributed by atoms with Crippen LogP contribution in [0.25, 0.3) is 0 Å². The fraction of sp³-hybridized carbons (Fsp3) is 0.769. The quantitative estimate of drug-likeness (QED) is 0.584. The Bertz CT molecular complexity index is 321. The van der Waals surface area contributed by atoms with E-state index in [1.807, 2.05) is 17.9 Å². The summed E-state index contributed by atoms with van der Waals surface area (Å²) in [6, 6.07) is 0. The number of hydrogen-bond donors (Lipinski definition) is 0. The molecular weight excluding hydrogens is 220 g/mol. The molecule has 1 heterocycles. The Morgan fingerprint density at radius 2 is 2.19 bits per heavy atom. The Kier molecular flexibility index (Phi) is 4.28. The summed E-state index contributed by atoms with van der Waals surface area (Å²) in [6.07, 6.45) is 13.0. The van der Waals surface area contributed by atoms with Gasteiger partial charge in [-0.1, -0.05) is 19.3 Å². The molecule has 2 atom stereocenters. The minimum Gasteiger partial charge on any atom is -0.276 e. The number of nitrogens with zero attached hydrogens (tertiary/aromatic N) is 2. The Balaban J connectivity index is 1.83. The average Bonchev–Trinajstić information content (AvgIpc) is 2.56. The molecule has 0 saturated heterocycles. The fourth-order valence-corrected chi connectivity index (χ4v) is 3.02. The van der Waals surface area contributed by atoms with Crippen LogP contribution in [0.1, 0.15) is 44.1 Å². The molecule has 0 aromatic carbocycles. The smallest absolute Gasteiger partial charge is 0.0521 e. The summed E-state index contributed by atoms with van der Waals surface area (Å²) in [7, 11) is 1.97. The first-order chi connectivity index (χ1) is 7.75. The molecule has 1 saturated carbocycles. The number of halogens is 1. The highest BCUT2D eigenvalue weighted by atomic mass is 35.5. The van der Waals surface area contributed by atoms with Crippen LogP contribution in [0.2, 0.25) is 0 Å². The van der Waals surface area contributed by atoms with Gasteiger partial charge in [0.1, 0.15) is 0 Å². The number of aryl methyl sites for hydroxylation is 2. The molecule has 2 unspecified atom stereocenters. The van der Waals surface area contributed by atoms with Crippen LogP contribution < -0.4 is 0 Å². The Hall–Kier alpha value is -0.500. The highest BCUT2D eigenvalue weighted by Crippen LogP contribution is 2.30. The molecule has 0 aliphatic heterocycles. The van der Waals surface area contributed by atoms with Gasteiger partial charge in [0.05, 0.1) is 6.20 Å². The Morgan fingerprint density at radius 3 is 2.94 bits per heavy atom. The summed E-state index contributed by atoms with van der Waals surface area (Å²) < 4.78 is 1.88. The van der Waals surface area contributed by atoms with E-state index in [1.165, 1.54) is 44.1 Å². The summed E-state index contributed by atoms with van der Waals surface area (Å²) in [5.41, 5.74) is 1.34. The number of alkyl halides is 1. The summed E-state index contributed by atoms with van der Waals surface area (Å²) in [5.74, 6) is 0.712. The Morgan fingerprint density at radius 1 is 1.38 bits per heavy atom. The van der Waals surface area contributed by atoms with E-state index < -0.39 is 0 Å². The van der Waals surface area contributed by atoms with E-state index in [1.54, 1.807) is 0 Å². The average molecular weight is 241 g/mol. The van der Waals surface area contributed by atoms with Crippen molar-refractivity contribution in [3.63, 3.8) is 0 Å². The van der Waals surface area contributed by atoms with E-state index in [0.29, 0.717) is 11.3 Å². The van der Waals surface area contributed by atoms with E-state index >= 15 is 0 Å². The normalized spacial score (nSPS) is 26.6. The molecule has 16 heavy (non-hydrogen) atoms. The maximum Gasteiger partial charge on any atom is 0.0521 e. The first kappa shape index (κ1) is 12.0. The maximum atomic E-state index is 6.44. The second-order valence-electron chi connectivity index (χ2n) is 4.98. The Labute approximate surface area is 103 Å². The molecule has 0 radical (unpaired) electrons. The molecule has 3 heteroatoms. The van der Waals surface area contributed by atoms with Gasteiger partial charge < -0.3 is 0 Å². The predicted molar refractivity (Wildman–Crippen MR) is 67.7 cm³/mol. The highest BCUT2D eigenvalue weighted by Gasteiger charge is 2.21. The molecule has 1 aromatic heterocycles. The summed E-state index contributed by atoms with van der Waals surface area (Å²) >= 11 is 6.44. The van der Waals surface area contributed by atoms with Gasteiger partial charge in [-0.2, -0.15) is 5.10 Å². The van der Waals surface area contributed by atoms with Crippen molar-refractivity contribution in [1.29, 1.82) is 0 Å². The monoisotopic (exact) mass is 240 g/mol. The molecule has 2 rings (SSSR count). The fourth-order valence-electron chi connectivity index (χ4n) is 2.62. The molecule has 0 bridgehead atoms. The summed E-state index contributed by atoms with van der Waals surface area (Å²) in [4.78, 5) is 0. The third-order valence-corrected chi connectivity index (χ3v) is 4.20. The van der Waals surface area contributed by atoms with Gasteiger partial charge in [-0.25, -0.2) is 0 Å². The van der Waals surface area contributed by atoms with E-state index in [9.17, 15) is 0 Å². The van der Waals surface area contributed by atoms with Gasteiger partial charge in [0.2, 0.25) is 0 Å². The van der Waals surface area contributed by atoms with Gasteiger partial charge in [-0.3, -0.25) is 4.68 Å². The highest BCUT2D eigenvalue weighted by molar-refractivity contribution is 6.20. The van der Waals surface area contributed by atoms with Crippen molar-refractivity contribution in [2.24, 2.45) is 13.0 Å². The SMILES string of the molecule is Cn1cc(CCC2CCCCCC2Cl)cn1. The molecule has 2 nitrogen and oxygen atoms in total. The molecule has 1 fully saturated rings. The van der Waals surface area contributed by atoms with Gasteiger partial charge in [-0.15, -0.1) is 11.6 Å². The van der Waals surface area contributed by atoms with Crippen LogP contribution in [0.5, 0.6) is 0 Å². The topological polar surface area (TPSA) is 17.8 Å². The molecule has 0 spiro atoms. The van der Waals surface area contributed by atoms with Crippen molar-refractivity contribution in [2.75, 3.05) is 0 Å². The summed E-state index contributed by atoms with van der Waals surface area (Å²) in [6.45, 7) is 0. The first-order valence-electron chi connectivity index (χ1n) is 6.37. The number of aromatic nitrogens is 2. The van der Waals surface area contributed by atoms with Crippen molar-refractivity contribution < 1.29 is 0 Å². The third-order valence-electron chi connectivity index (χ3n) is 3.63. The van der Waals surface area contributed by atoms with Gasteiger partial charge in [0.15, 0.2) is 0 Å². The second-order valence-corrected chi connectivity index (χ2v) is 5.54. The lowest BCUT2D eigenvalue weighted by Crippen LogP contribution is -2.14. The zero-order valence-electron chi connectivity index (χ0n) is 10.0. The molecule has 0 N–H and O–H groups in total. The molecule has 1 aromatic rings. The van der Waals surface area contributed by atoms with Crippen molar-refractivity contribution in [2.45, 2.75) is 50.3 Å². The molecule has 1 aliphatic rings. The van der Waals surface area contributed by atoms with Gasteiger partial charge in [0.25, 0.3) is 0 Å². The van der Waals surface area contributed by atoms with Crippen LogP contribution in [0.3, 0.4) is 0 Å². The van der Waals surface area contributed by atoms with Gasteiger partial charge in [-0.05, 0) is 37.2 Å². The maximum absolute atomic E-state index is 6.44. The largest absolute Gasteiger partial charge is 0.276 e. The van der Waals surface area contributed by atoms with Crippen LogP contribution in [-0.4, -0.2) is 15.2 Å². The molecular formula is C13H21ClN2. The lowest BCUT2D eigenvalue weighted by molar-refractivity contribution is 0.435. The lowest BCUT2D eigenvalue weighted by atomic mass is 9.93. The predicted octanol–water partition coefficient (Wildman–Crippen LogP) is 3.54. The van der Waals surface area contributed by atoms with Crippen molar-refractivity contribution in [1.82, 2.24) is 9.78 Å². The van der Waals surface area contributed by atoms with Crippen LogP contribution in [0.15, 0.2) is 12.4 Å². The van der Waals surface area contributed by atoms with Crippen molar-refractivity contribution in [3.05, 3.63) is 18.0 Å². The minimum atomic E-state index is 0.402. The van der Waals surface area contributed by atoms with Crippen LogP contribution in [0, 0.1) is 5.92 Å². The van der Waals surface area contributed by atoms with Gasteiger partial charge in [0, 0.05) is 18.6 Å². The zero-order chi connectivity index (χ0) is 11.4. The van der Waals surface area contributed by atoms with E-state index in [4.69, 9.17) is 11.6 Å². The van der Waals surface area contributed by atoms with Crippen LogP contribution in [0.4, 0.5) is 0 Å². The van der Waals surface area contributed by atoms with Crippen molar-refractivity contribution in [3.8, 4) is 0 Å². The molecule has 0 amide bonds. The number of rotatable bonds is 3. The van der Waals surface area contributed by atoms with E-state index in [0.717, 1.165) is 6.42 Å². The van der Waals surface area contributed by atoms with Crippen LogP contribution in [-0.2, 0) is 13.5 Å². The number of hydrogen-bond acceptors (Lipinski definition) is 1. The van der Waals surface area contributed by atoms with E-state index in [2.05, 4.69) is 11.3 Å². The lowest BCUT2D eigenvalue weighted by Gasteiger charge is -2.18. The first-order valence-corrected chi connectivity index (χ1v) is 6.81. The minimum absolute atomic E-state index is 0.402. The third kappa shape index (κ3) is 3.24. The van der Waals surface area contributed by atoms with Crippen LogP contribution >= 0.6 is 11.6 Å². The van der Waals surface area contributed by atoms with E-state index in [-0.39, 0.29) is 0 Å². The summed E-state index contributed by atoms with van der Waals surface area (Å²) in [5, 5.41) is 4.60.